The van der Waals surface area contributed by atoms with Crippen LogP contribution in [0.3, 0.4) is 0 Å². The van der Waals surface area contributed by atoms with E-state index in [9.17, 15) is 8.42 Å². The minimum absolute atomic E-state index is 0.0991. The number of rotatable bonds is 6. The first-order chi connectivity index (χ1) is 16.0. The fourth-order valence-electron chi connectivity index (χ4n) is 3.45. The summed E-state index contributed by atoms with van der Waals surface area (Å²) in [6.45, 7) is 0.318. The van der Waals surface area contributed by atoms with E-state index in [0.29, 0.717) is 17.1 Å². The first-order valence-corrected chi connectivity index (χ1v) is 11.9. The van der Waals surface area contributed by atoms with Gasteiger partial charge in [-0.15, -0.1) is 9.19 Å². The molecule has 0 saturated heterocycles. The van der Waals surface area contributed by atoms with Crippen LogP contribution in [0.1, 0.15) is 5.56 Å². The second kappa shape index (κ2) is 8.65. The van der Waals surface area contributed by atoms with Gasteiger partial charge in [0.1, 0.15) is 0 Å². The number of hydrogen-bond donors (Lipinski definition) is 1. The minimum atomic E-state index is -4.03. The van der Waals surface area contributed by atoms with Crippen LogP contribution >= 0.6 is 11.6 Å². The fraction of sp³-hybridized carbons (Fsp3) is 0.0417. The van der Waals surface area contributed by atoms with Crippen molar-refractivity contribution in [2.24, 2.45) is 0 Å². The fourth-order valence-corrected chi connectivity index (χ4v) is 4.89. The Bertz CT molecular complexity index is 1550. The van der Waals surface area contributed by atoms with Crippen LogP contribution in [0.25, 0.3) is 22.2 Å². The molecule has 2 heterocycles. The Morgan fingerprint density at radius 1 is 0.909 bits per heavy atom. The summed E-state index contributed by atoms with van der Waals surface area (Å²) in [6.07, 6.45) is 3.22. The maximum absolute atomic E-state index is 13.6. The lowest BCUT2D eigenvalue weighted by atomic mass is 10.1. The molecule has 0 saturated carbocycles. The van der Waals surface area contributed by atoms with Gasteiger partial charge in [0.2, 0.25) is 5.95 Å². The SMILES string of the molecule is O=S(=O)(c1ccc2ccccc2c1)n1nc(-c2cccnc2)nc1NCc1cccc(Cl)c1. The van der Waals surface area contributed by atoms with Crippen LogP contribution < -0.4 is 5.32 Å². The van der Waals surface area contributed by atoms with Gasteiger partial charge in [-0.25, -0.2) is 0 Å². The van der Waals surface area contributed by atoms with Crippen molar-refractivity contribution in [2.75, 3.05) is 5.32 Å². The maximum Gasteiger partial charge on any atom is 0.286 e. The van der Waals surface area contributed by atoms with Gasteiger partial charge >= 0.3 is 0 Å². The van der Waals surface area contributed by atoms with Crippen LogP contribution in [0.2, 0.25) is 5.02 Å². The standard InChI is InChI=1S/C24H18ClN5O2S/c25-21-9-3-5-17(13-21)15-27-24-28-23(20-8-4-12-26-16-20)29-30(24)33(31,32)22-11-10-18-6-1-2-7-19(18)14-22/h1-14,16H,15H2,(H,27,28,29). The lowest BCUT2D eigenvalue weighted by Crippen LogP contribution is -2.18. The van der Waals surface area contributed by atoms with Crippen molar-refractivity contribution in [2.45, 2.75) is 11.4 Å². The van der Waals surface area contributed by atoms with E-state index < -0.39 is 10.0 Å². The van der Waals surface area contributed by atoms with Gasteiger partial charge in [-0.05, 0) is 52.7 Å². The molecule has 0 spiro atoms. The van der Waals surface area contributed by atoms with Crippen molar-refractivity contribution in [1.29, 1.82) is 0 Å². The van der Waals surface area contributed by atoms with Gasteiger partial charge in [0.25, 0.3) is 10.0 Å². The van der Waals surface area contributed by atoms with E-state index >= 15 is 0 Å². The van der Waals surface area contributed by atoms with Crippen molar-refractivity contribution >= 4 is 38.3 Å². The summed E-state index contributed by atoms with van der Waals surface area (Å²) < 4.78 is 28.1. The quantitative estimate of drug-likeness (QED) is 0.372. The zero-order valence-electron chi connectivity index (χ0n) is 17.3. The average Bonchev–Trinajstić information content (AvgIpc) is 3.28. The average molecular weight is 476 g/mol. The molecule has 0 amide bonds. The van der Waals surface area contributed by atoms with Gasteiger partial charge in [0.05, 0.1) is 4.90 Å². The number of benzene rings is 3. The first kappa shape index (κ1) is 21.1. The molecular weight excluding hydrogens is 458 g/mol. The van der Waals surface area contributed by atoms with Gasteiger partial charge in [-0.1, -0.05) is 54.1 Å². The zero-order chi connectivity index (χ0) is 22.8. The van der Waals surface area contributed by atoms with Gasteiger partial charge in [0.15, 0.2) is 5.82 Å². The van der Waals surface area contributed by atoms with Crippen LogP contribution in [0.4, 0.5) is 5.95 Å². The van der Waals surface area contributed by atoms with Crippen LogP contribution in [0.5, 0.6) is 0 Å². The molecule has 0 fully saturated rings. The van der Waals surface area contributed by atoms with Crippen molar-refractivity contribution in [1.82, 2.24) is 19.2 Å². The molecule has 0 aliphatic carbocycles. The Morgan fingerprint density at radius 3 is 2.55 bits per heavy atom. The molecule has 3 aromatic carbocycles. The monoisotopic (exact) mass is 475 g/mol. The van der Waals surface area contributed by atoms with E-state index in [2.05, 4.69) is 20.4 Å². The summed E-state index contributed by atoms with van der Waals surface area (Å²) in [6, 6.07) is 23.4. The molecule has 0 bridgehead atoms. The van der Waals surface area contributed by atoms with E-state index in [0.717, 1.165) is 20.4 Å². The molecule has 5 rings (SSSR count). The number of aromatic nitrogens is 4. The van der Waals surface area contributed by atoms with E-state index in [-0.39, 0.29) is 16.7 Å². The van der Waals surface area contributed by atoms with Gasteiger partial charge in [0, 0.05) is 29.5 Å². The lowest BCUT2D eigenvalue weighted by molar-refractivity contribution is 0.581. The third-order valence-corrected chi connectivity index (χ3v) is 6.88. The third kappa shape index (κ3) is 4.30. The molecule has 164 valence electrons. The van der Waals surface area contributed by atoms with E-state index in [1.165, 1.54) is 0 Å². The first-order valence-electron chi connectivity index (χ1n) is 10.1. The summed E-state index contributed by atoms with van der Waals surface area (Å²) in [5, 5.41) is 9.78. The molecule has 33 heavy (non-hydrogen) atoms. The number of halogens is 1. The maximum atomic E-state index is 13.6. The Balaban J connectivity index is 1.58. The summed E-state index contributed by atoms with van der Waals surface area (Å²) in [4.78, 5) is 8.66. The van der Waals surface area contributed by atoms with Crippen LogP contribution in [-0.2, 0) is 16.6 Å². The number of anilines is 1. The Labute approximate surface area is 195 Å². The molecule has 9 heteroatoms. The highest BCUT2D eigenvalue weighted by Gasteiger charge is 2.25. The normalized spacial score (nSPS) is 11.5. The van der Waals surface area contributed by atoms with E-state index in [1.54, 1.807) is 54.9 Å². The largest absolute Gasteiger partial charge is 0.349 e. The van der Waals surface area contributed by atoms with Crippen LogP contribution in [0, 0.1) is 0 Å². The van der Waals surface area contributed by atoms with Crippen LogP contribution in [-0.4, -0.2) is 27.6 Å². The molecule has 0 radical (unpaired) electrons. The molecule has 5 aromatic rings. The predicted octanol–water partition coefficient (Wildman–Crippen LogP) is 5.00. The molecular formula is C24H18ClN5O2S. The smallest absolute Gasteiger partial charge is 0.286 e. The molecule has 0 aliphatic rings. The summed E-state index contributed by atoms with van der Waals surface area (Å²) in [5.74, 6) is 0.350. The number of hydrogen-bond acceptors (Lipinski definition) is 6. The van der Waals surface area contributed by atoms with Crippen molar-refractivity contribution in [3.8, 4) is 11.4 Å². The Hall–Kier alpha value is -3.75. The number of pyridine rings is 1. The zero-order valence-corrected chi connectivity index (χ0v) is 18.8. The third-order valence-electron chi connectivity index (χ3n) is 5.08. The highest BCUT2D eigenvalue weighted by molar-refractivity contribution is 7.90. The number of nitrogens with one attached hydrogen (secondary N) is 1. The highest BCUT2D eigenvalue weighted by Crippen LogP contribution is 2.25. The Morgan fingerprint density at radius 2 is 1.76 bits per heavy atom. The summed E-state index contributed by atoms with van der Waals surface area (Å²) in [5.41, 5.74) is 1.49. The second-order valence-electron chi connectivity index (χ2n) is 7.34. The molecule has 7 nitrogen and oxygen atoms in total. The van der Waals surface area contributed by atoms with Crippen molar-refractivity contribution in [3.63, 3.8) is 0 Å². The molecule has 0 atom stereocenters. The molecule has 2 aromatic heterocycles. The number of nitrogens with zero attached hydrogens (tertiary/aromatic N) is 4. The lowest BCUT2D eigenvalue weighted by Gasteiger charge is -2.10. The molecule has 1 N–H and O–H groups in total. The van der Waals surface area contributed by atoms with Crippen molar-refractivity contribution in [3.05, 3.63) is 102 Å². The van der Waals surface area contributed by atoms with E-state index in [1.807, 2.05) is 36.4 Å². The van der Waals surface area contributed by atoms with Gasteiger partial charge in [-0.3, -0.25) is 4.98 Å². The predicted molar refractivity (Wildman–Crippen MR) is 129 cm³/mol. The molecule has 0 unspecified atom stereocenters. The van der Waals surface area contributed by atoms with Gasteiger partial charge < -0.3 is 5.32 Å². The minimum Gasteiger partial charge on any atom is -0.349 e. The number of fused-ring (bicyclic) bond motifs is 1. The summed E-state index contributed by atoms with van der Waals surface area (Å²) in [7, 11) is -4.03. The second-order valence-corrected chi connectivity index (χ2v) is 9.54. The van der Waals surface area contributed by atoms with E-state index in [4.69, 9.17) is 11.6 Å². The topological polar surface area (TPSA) is 89.8 Å². The highest BCUT2D eigenvalue weighted by atomic mass is 35.5. The molecule has 0 aliphatic heterocycles. The summed E-state index contributed by atoms with van der Waals surface area (Å²) >= 11 is 6.08. The van der Waals surface area contributed by atoms with Crippen molar-refractivity contribution < 1.29 is 8.42 Å². The van der Waals surface area contributed by atoms with Crippen LogP contribution in [0.15, 0.2) is 96.2 Å². The van der Waals surface area contributed by atoms with Gasteiger partial charge in [-0.2, -0.15) is 13.4 Å². The Kier molecular flexibility index (Phi) is 5.53.